The molecule has 4 rings (SSSR count). The zero-order valence-corrected chi connectivity index (χ0v) is 12.2. The highest BCUT2D eigenvalue weighted by atomic mass is 16.5. The molecule has 1 heterocycles. The maximum Gasteiger partial charge on any atom is 0.134 e. The Balaban J connectivity index is 1.74. The Kier molecular flexibility index (Phi) is 2.84. The van der Waals surface area contributed by atoms with Gasteiger partial charge in [-0.15, -0.1) is 0 Å². The molecule has 2 aliphatic rings. The van der Waals surface area contributed by atoms with Crippen molar-refractivity contribution in [2.24, 2.45) is 0 Å². The predicted molar refractivity (Wildman–Crippen MR) is 82.2 cm³/mol. The van der Waals surface area contributed by atoms with E-state index in [0.29, 0.717) is 17.8 Å². The summed E-state index contributed by atoms with van der Waals surface area (Å²) in [6.45, 7) is 1.98. The van der Waals surface area contributed by atoms with Gasteiger partial charge in [0.15, 0.2) is 0 Å². The first-order valence-corrected chi connectivity index (χ1v) is 7.62. The molecular formula is C17H19N3O. The number of hydrogen-bond donors (Lipinski definition) is 1. The van der Waals surface area contributed by atoms with Gasteiger partial charge in [-0.2, -0.15) is 0 Å². The van der Waals surface area contributed by atoms with Gasteiger partial charge in [0.2, 0.25) is 0 Å². The van der Waals surface area contributed by atoms with Gasteiger partial charge in [-0.1, -0.05) is 12.1 Å². The molecular weight excluding hydrogens is 262 g/mol. The minimum atomic E-state index is 0.402. The number of nitrogen functional groups attached to an aromatic ring is 1. The third-order valence-corrected chi connectivity index (χ3v) is 4.08. The van der Waals surface area contributed by atoms with Crippen molar-refractivity contribution in [3.63, 3.8) is 0 Å². The molecule has 108 valence electrons. The van der Waals surface area contributed by atoms with Crippen LogP contribution in [0.2, 0.25) is 0 Å². The van der Waals surface area contributed by atoms with Crippen LogP contribution in [-0.4, -0.2) is 16.1 Å². The van der Waals surface area contributed by atoms with Crippen molar-refractivity contribution in [3.8, 4) is 17.0 Å². The molecule has 1 aromatic heterocycles. The van der Waals surface area contributed by atoms with Crippen molar-refractivity contribution in [1.82, 2.24) is 9.97 Å². The summed E-state index contributed by atoms with van der Waals surface area (Å²) in [7, 11) is 0. The van der Waals surface area contributed by atoms with Gasteiger partial charge in [0.1, 0.15) is 17.4 Å². The Morgan fingerprint density at radius 2 is 1.95 bits per heavy atom. The fourth-order valence-electron chi connectivity index (χ4n) is 2.45. The second-order valence-electron chi connectivity index (χ2n) is 6.06. The number of hydrogen-bond acceptors (Lipinski definition) is 4. The maximum atomic E-state index is 6.07. The van der Waals surface area contributed by atoms with Crippen LogP contribution in [0, 0.1) is 6.92 Å². The average Bonchev–Trinajstić information content (AvgIpc) is 3.35. The number of aromatic nitrogens is 2. The topological polar surface area (TPSA) is 61.0 Å². The molecule has 4 nitrogen and oxygen atoms in total. The van der Waals surface area contributed by atoms with Crippen molar-refractivity contribution >= 4 is 5.82 Å². The van der Waals surface area contributed by atoms with Crippen LogP contribution in [0.5, 0.6) is 5.75 Å². The van der Waals surface area contributed by atoms with E-state index in [-0.39, 0.29) is 0 Å². The van der Waals surface area contributed by atoms with Gasteiger partial charge in [-0.3, -0.25) is 0 Å². The van der Waals surface area contributed by atoms with Crippen LogP contribution < -0.4 is 10.5 Å². The van der Waals surface area contributed by atoms with Crippen molar-refractivity contribution in [2.45, 2.75) is 44.6 Å². The number of anilines is 1. The van der Waals surface area contributed by atoms with E-state index in [1.54, 1.807) is 0 Å². The van der Waals surface area contributed by atoms with E-state index >= 15 is 0 Å². The number of nitrogens with zero attached hydrogens (tertiary/aromatic N) is 2. The Hall–Kier alpha value is -2.10. The summed E-state index contributed by atoms with van der Waals surface area (Å²) in [4.78, 5) is 9.19. The van der Waals surface area contributed by atoms with Crippen LogP contribution in [0.4, 0.5) is 5.82 Å². The Morgan fingerprint density at radius 3 is 2.67 bits per heavy atom. The molecule has 0 bridgehead atoms. The summed E-state index contributed by atoms with van der Waals surface area (Å²) in [5.74, 6) is 2.90. The monoisotopic (exact) mass is 281 g/mol. The third-order valence-electron chi connectivity index (χ3n) is 4.08. The lowest BCUT2D eigenvalue weighted by molar-refractivity contribution is 0.303. The van der Waals surface area contributed by atoms with Crippen molar-refractivity contribution in [2.75, 3.05) is 5.73 Å². The second-order valence-corrected chi connectivity index (χ2v) is 6.06. The third kappa shape index (κ3) is 2.58. The summed E-state index contributed by atoms with van der Waals surface area (Å²) >= 11 is 0. The second kappa shape index (κ2) is 4.72. The molecule has 2 aromatic rings. The molecule has 0 aliphatic heterocycles. The maximum absolute atomic E-state index is 6.07. The van der Waals surface area contributed by atoms with Crippen molar-refractivity contribution < 1.29 is 4.74 Å². The fourth-order valence-corrected chi connectivity index (χ4v) is 2.45. The molecule has 2 N–H and O–H groups in total. The van der Waals surface area contributed by atoms with E-state index in [1.165, 1.54) is 12.8 Å². The molecule has 1 aromatic carbocycles. The smallest absolute Gasteiger partial charge is 0.134 e. The average molecular weight is 281 g/mol. The van der Waals surface area contributed by atoms with Gasteiger partial charge in [-0.25, -0.2) is 9.97 Å². The lowest BCUT2D eigenvalue weighted by atomic mass is 10.1. The van der Waals surface area contributed by atoms with Gasteiger partial charge in [-0.05, 0) is 44.7 Å². The molecule has 2 saturated carbocycles. The zero-order chi connectivity index (χ0) is 14.4. The largest absolute Gasteiger partial charge is 0.490 e. The first-order chi connectivity index (χ1) is 10.2. The van der Waals surface area contributed by atoms with Crippen LogP contribution in [0.15, 0.2) is 24.3 Å². The molecule has 21 heavy (non-hydrogen) atoms. The van der Waals surface area contributed by atoms with Gasteiger partial charge >= 0.3 is 0 Å². The molecule has 0 radical (unpaired) electrons. The van der Waals surface area contributed by atoms with Crippen LogP contribution in [-0.2, 0) is 0 Å². The van der Waals surface area contributed by atoms with E-state index in [4.69, 9.17) is 15.5 Å². The zero-order valence-electron chi connectivity index (χ0n) is 12.2. The molecule has 0 unspecified atom stereocenters. The molecule has 4 heteroatoms. The van der Waals surface area contributed by atoms with Gasteiger partial charge < -0.3 is 10.5 Å². The highest BCUT2D eigenvalue weighted by Gasteiger charge is 2.28. The minimum absolute atomic E-state index is 0.402. The van der Waals surface area contributed by atoms with Crippen LogP contribution >= 0.6 is 0 Å². The van der Waals surface area contributed by atoms with Crippen LogP contribution in [0.25, 0.3) is 11.3 Å². The van der Waals surface area contributed by atoms with E-state index in [1.807, 2.05) is 19.1 Å². The minimum Gasteiger partial charge on any atom is -0.490 e. The van der Waals surface area contributed by atoms with E-state index < -0.39 is 0 Å². The Morgan fingerprint density at radius 1 is 1.14 bits per heavy atom. The quantitative estimate of drug-likeness (QED) is 0.932. The molecule has 2 fully saturated rings. The number of rotatable bonds is 4. The summed E-state index contributed by atoms with van der Waals surface area (Å²) in [5.41, 5.74) is 9.01. The fraction of sp³-hybridized carbons (Fsp3) is 0.412. The summed E-state index contributed by atoms with van der Waals surface area (Å²) in [6.07, 6.45) is 5.07. The summed E-state index contributed by atoms with van der Waals surface area (Å²) in [6, 6.07) is 8.14. The highest BCUT2D eigenvalue weighted by Crippen LogP contribution is 2.40. The van der Waals surface area contributed by atoms with E-state index in [2.05, 4.69) is 17.1 Å². The lowest BCUT2D eigenvalue weighted by Gasteiger charge is -2.11. The molecule has 0 atom stereocenters. The van der Waals surface area contributed by atoms with E-state index in [9.17, 15) is 0 Å². The van der Waals surface area contributed by atoms with Crippen LogP contribution in [0.3, 0.4) is 0 Å². The summed E-state index contributed by atoms with van der Waals surface area (Å²) in [5, 5.41) is 0. The Labute approximate surface area is 124 Å². The molecule has 0 amide bonds. The number of nitrogens with two attached hydrogens (primary N) is 1. The van der Waals surface area contributed by atoms with Crippen molar-refractivity contribution in [1.29, 1.82) is 0 Å². The molecule has 2 aliphatic carbocycles. The number of ether oxygens (including phenoxy) is 1. The SMILES string of the molecule is Cc1c(N)nc(C2CC2)nc1-c1cccc(OC2CC2)c1. The van der Waals surface area contributed by atoms with E-state index in [0.717, 1.165) is 41.2 Å². The normalized spacial score (nSPS) is 17.8. The van der Waals surface area contributed by atoms with Crippen molar-refractivity contribution in [3.05, 3.63) is 35.7 Å². The number of benzene rings is 1. The Bertz CT molecular complexity index is 690. The van der Waals surface area contributed by atoms with Gasteiger partial charge in [0.05, 0.1) is 11.8 Å². The van der Waals surface area contributed by atoms with Gasteiger partial charge in [0, 0.05) is 17.0 Å². The van der Waals surface area contributed by atoms with Gasteiger partial charge in [0.25, 0.3) is 0 Å². The molecule has 0 saturated heterocycles. The lowest BCUT2D eigenvalue weighted by Crippen LogP contribution is -2.04. The first-order valence-electron chi connectivity index (χ1n) is 7.62. The highest BCUT2D eigenvalue weighted by molar-refractivity contribution is 5.68. The molecule has 0 spiro atoms. The predicted octanol–water partition coefficient (Wildman–Crippen LogP) is 3.45. The van der Waals surface area contributed by atoms with Crippen LogP contribution in [0.1, 0.15) is 43.0 Å². The summed E-state index contributed by atoms with van der Waals surface area (Å²) < 4.78 is 5.87. The standard InChI is InChI=1S/C17H19N3O/c1-10-15(19-17(11-5-6-11)20-16(10)18)12-3-2-4-14(9-12)21-13-7-8-13/h2-4,9,11,13H,5-8H2,1H3,(H2,18,19,20). The first kappa shape index (κ1) is 12.6.